The van der Waals surface area contributed by atoms with Gasteiger partial charge in [-0.25, -0.2) is 4.79 Å². The van der Waals surface area contributed by atoms with Gasteiger partial charge in [0.25, 0.3) is 0 Å². The number of hydrogen-bond acceptors (Lipinski definition) is 1. The zero-order valence-electron chi connectivity index (χ0n) is 26.9. The van der Waals surface area contributed by atoms with Crippen molar-refractivity contribution < 1.29 is 9.90 Å². The van der Waals surface area contributed by atoms with E-state index < -0.39 is 5.97 Å². The Bertz CT molecular complexity index is 498. The first-order valence-electron chi connectivity index (χ1n) is 18.1. The van der Waals surface area contributed by atoms with Crippen LogP contribution in [0.3, 0.4) is 0 Å². The molecule has 0 rings (SSSR count). The second-order valence-electron chi connectivity index (χ2n) is 12.6. The van der Waals surface area contributed by atoms with Gasteiger partial charge in [0.05, 0.1) is 0 Å². The number of carboxylic acid groups (broad SMARTS) is 1. The zero-order chi connectivity index (χ0) is 28.5. The lowest BCUT2D eigenvalue weighted by atomic mass is 10.0. The van der Waals surface area contributed by atoms with Gasteiger partial charge < -0.3 is 5.11 Å². The van der Waals surface area contributed by atoms with E-state index in [0.29, 0.717) is 12.0 Å². The van der Waals surface area contributed by atoms with E-state index in [4.69, 9.17) is 5.11 Å². The Labute approximate surface area is 246 Å². The molecule has 0 aliphatic heterocycles. The molecule has 0 aromatic heterocycles. The van der Waals surface area contributed by atoms with Crippen LogP contribution in [-0.2, 0) is 4.79 Å². The van der Waals surface area contributed by atoms with Crippen LogP contribution < -0.4 is 0 Å². The molecule has 0 amide bonds. The predicted molar refractivity (Wildman–Crippen MR) is 175 cm³/mol. The fourth-order valence-electron chi connectivity index (χ4n) is 5.82. The second kappa shape index (κ2) is 33.4. The molecule has 2 heteroatoms. The van der Waals surface area contributed by atoms with Crippen molar-refractivity contribution in [1.82, 2.24) is 0 Å². The summed E-state index contributed by atoms with van der Waals surface area (Å²) in [5, 5.41) is 8.80. The van der Waals surface area contributed by atoms with E-state index in [0.717, 1.165) is 12.8 Å². The fraction of sp³-hybridized carbons (Fsp3) is 0.919. The van der Waals surface area contributed by atoms with E-state index >= 15 is 0 Å². The largest absolute Gasteiger partial charge is 0.478 e. The van der Waals surface area contributed by atoms with Crippen molar-refractivity contribution in [3.05, 3.63) is 12.2 Å². The van der Waals surface area contributed by atoms with Crippen molar-refractivity contribution in [3.8, 4) is 0 Å². The smallest absolute Gasteiger partial charge is 0.330 e. The third-order valence-electron chi connectivity index (χ3n) is 8.63. The van der Waals surface area contributed by atoms with Gasteiger partial charge in [-0.3, -0.25) is 0 Å². The lowest BCUT2D eigenvalue weighted by Gasteiger charge is -2.05. The molecule has 2 nitrogen and oxygen atoms in total. The summed E-state index contributed by atoms with van der Waals surface area (Å²) in [6.07, 6.45) is 45.9. The average Bonchev–Trinajstić information content (AvgIpc) is 2.93. The topological polar surface area (TPSA) is 37.3 Å². The molecule has 0 atom stereocenters. The molecule has 0 aromatic carbocycles. The van der Waals surface area contributed by atoms with Crippen LogP contribution in [0.25, 0.3) is 0 Å². The first-order chi connectivity index (χ1) is 19.2. The Morgan fingerprint density at radius 1 is 0.385 bits per heavy atom. The fourth-order valence-corrected chi connectivity index (χ4v) is 5.82. The molecule has 0 spiro atoms. The van der Waals surface area contributed by atoms with Crippen LogP contribution in [0.1, 0.15) is 219 Å². The standard InChI is InChI=1S/C37H72O2/c1-3-4-5-6-7-8-9-10-11-12-13-14-15-16-17-18-19-20-21-22-23-24-25-26-27-28-29-30-31-32-33-34-35-36(2)37(38)39/h2-35H2,1H3,(H,38,39). The van der Waals surface area contributed by atoms with Crippen LogP contribution in [0.2, 0.25) is 0 Å². The molecule has 0 bridgehead atoms. The van der Waals surface area contributed by atoms with Gasteiger partial charge in [0.15, 0.2) is 0 Å². The maximum atomic E-state index is 10.7. The summed E-state index contributed by atoms with van der Waals surface area (Å²) in [6.45, 7) is 5.90. The third-order valence-corrected chi connectivity index (χ3v) is 8.63. The van der Waals surface area contributed by atoms with Crippen LogP contribution in [0.15, 0.2) is 12.2 Å². The lowest BCUT2D eigenvalue weighted by molar-refractivity contribution is -0.132. The number of rotatable bonds is 34. The van der Waals surface area contributed by atoms with Crippen LogP contribution >= 0.6 is 0 Å². The van der Waals surface area contributed by atoms with E-state index in [2.05, 4.69) is 13.5 Å². The summed E-state index contributed by atoms with van der Waals surface area (Å²) in [6, 6.07) is 0. The number of carboxylic acids is 1. The molecule has 0 aliphatic carbocycles. The summed E-state index contributed by atoms with van der Waals surface area (Å²) >= 11 is 0. The molecule has 232 valence electrons. The number of carbonyl (C=O) groups is 1. The Morgan fingerprint density at radius 2 is 0.564 bits per heavy atom. The van der Waals surface area contributed by atoms with E-state index in [1.807, 2.05) is 0 Å². The van der Waals surface area contributed by atoms with Crippen LogP contribution in [0.4, 0.5) is 0 Å². The van der Waals surface area contributed by atoms with Gasteiger partial charge in [-0.15, -0.1) is 0 Å². The van der Waals surface area contributed by atoms with Gasteiger partial charge in [0.1, 0.15) is 0 Å². The summed E-state index contributed by atoms with van der Waals surface area (Å²) in [4.78, 5) is 10.7. The van der Waals surface area contributed by atoms with Crippen LogP contribution in [0.5, 0.6) is 0 Å². The molecule has 0 unspecified atom stereocenters. The van der Waals surface area contributed by atoms with Crippen molar-refractivity contribution in [2.45, 2.75) is 219 Å². The minimum absolute atomic E-state index is 0.362. The maximum absolute atomic E-state index is 10.7. The third kappa shape index (κ3) is 33.3. The average molecular weight is 549 g/mol. The van der Waals surface area contributed by atoms with E-state index in [1.165, 1.54) is 193 Å². The molecule has 0 fully saturated rings. The summed E-state index contributed by atoms with van der Waals surface area (Å²) in [7, 11) is 0. The normalized spacial score (nSPS) is 11.3. The number of aliphatic carboxylic acids is 1. The van der Waals surface area contributed by atoms with Gasteiger partial charge in [0, 0.05) is 5.57 Å². The van der Waals surface area contributed by atoms with Gasteiger partial charge in [-0.1, -0.05) is 213 Å². The van der Waals surface area contributed by atoms with E-state index in [-0.39, 0.29) is 0 Å². The van der Waals surface area contributed by atoms with Gasteiger partial charge in [0.2, 0.25) is 0 Å². The molecule has 0 radical (unpaired) electrons. The van der Waals surface area contributed by atoms with Crippen molar-refractivity contribution in [2.24, 2.45) is 0 Å². The molecular formula is C37H72O2. The van der Waals surface area contributed by atoms with E-state index in [9.17, 15) is 4.79 Å². The van der Waals surface area contributed by atoms with E-state index in [1.54, 1.807) is 0 Å². The first kappa shape index (κ1) is 38.2. The number of hydrogen-bond donors (Lipinski definition) is 1. The van der Waals surface area contributed by atoms with Gasteiger partial charge >= 0.3 is 5.97 Å². The highest BCUT2D eigenvalue weighted by atomic mass is 16.4. The Hall–Kier alpha value is -0.790. The first-order valence-corrected chi connectivity index (χ1v) is 18.1. The minimum Gasteiger partial charge on any atom is -0.478 e. The summed E-state index contributed by atoms with van der Waals surface area (Å²) in [5.74, 6) is -0.837. The lowest BCUT2D eigenvalue weighted by Crippen LogP contribution is -1.98. The number of unbranched alkanes of at least 4 members (excludes halogenated alkanes) is 31. The second-order valence-corrected chi connectivity index (χ2v) is 12.6. The van der Waals surface area contributed by atoms with Gasteiger partial charge in [-0.2, -0.15) is 0 Å². The maximum Gasteiger partial charge on any atom is 0.330 e. The van der Waals surface area contributed by atoms with Crippen molar-refractivity contribution in [1.29, 1.82) is 0 Å². The Kier molecular flexibility index (Phi) is 32.7. The summed E-state index contributed by atoms with van der Waals surface area (Å²) in [5.41, 5.74) is 0.362. The molecule has 0 aliphatic rings. The van der Waals surface area contributed by atoms with Gasteiger partial charge in [-0.05, 0) is 12.8 Å². The highest BCUT2D eigenvalue weighted by Crippen LogP contribution is 2.17. The molecule has 1 N–H and O–H groups in total. The highest BCUT2D eigenvalue weighted by molar-refractivity contribution is 5.85. The molecular weight excluding hydrogens is 476 g/mol. The monoisotopic (exact) mass is 549 g/mol. The Morgan fingerprint density at radius 3 is 0.744 bits per heavy atom. The minimum atomic E-state index is -0.837. The quantitative estimate of drug-likeness (QED) is 0.0641. The summed E-state index contributed by atoms with van der Waals surface area (Å²) < 4.78 is 0. The Balaban J connectivity index is 3.06. The molecule has 39 heavy (non-hydrogen) atoms. The zero-order valence-corrected chi connectivity index (χ0v) is 26.9. The van der Waals surface area contributed by atoms with Crippen molar-refractivity contribution in [3.63, 3.8) is 0 Å². The highest BCUT2D eigenvalue weighted by Gasteiger charge is 2.02. The van der Waals surface area contributed by atoms with Crippen molar-refractivity contribution in [2.75, 3.05) is 0 Å². The SMILES string of the molecule is C=C(CCCCCCCCCCCCCCCCCCCCCCCCCCCCCCCCCC)C(=O)O. The molecule has 0 saturated heterocycles. The van der Waals surface area contributed by atoms with Crippen molar-refractivity contribution >= 4 is 5.97 Å². The molecule has 0 aromatic rings. The van der Waals surface area contributed by atoms with Crippen LogP contribution in [0, 0.1) is 0 Å². The van der Waals surface area contributed by atoms with Crippen LogP contribution in [-0.4, -0.2) is 11.1 Å². The molecule has 0 heterocycles. The predicted octanol–water partition coefficient (Wildman–Crippen LogP) is 13.5. The molecule has 0 saturated carbocycles.